The van der Waals surface area contributed by atoms with Gasteiger partial charge in [-0.2, -0.15) is 5.10 Å². The minimum atomic E-state index is 0.0450. The Morgan fingerprint density at radius 3 is 2.69 bits per heavy atom. The molecule has 1 amide bonds. The molecule has 1 unspecified atom stereocenters. The smallest absolute Gasteiger partial charge is 0.251 e. The van der Waals surface area contributed by atoms with Gasteiger partial charge >= 0.3 is 0 Å². The highest BCUT2D eigenvalue weighted by Crippen LogP contribution is 2.56. The van der Waals surface area contributed by atoms with Gasteiger partial charge in [-0.1, -0.05) is 57.0 Å². The summed E-state index contributed by atoms with van der Waals surface area (Å²) in [6.45, 7) is 5.59. The molecule has 0 saturated heterocycles. The molecule has 4 nitrogen and oxygen atoms in total. The fourth-order valence-electron chi connectivity index (χ4n) is 6.98. The van der Waals surface area contributed by atoms with E-state index in [2.05, 4.69) is 71.8 Å². The number of rotatable bonds is 7. The number of fused-ring (bicyclic) bond motifs is 4. The predicted octanol–water partition coefficient (Wildman–Crippen LogP) is 6.33. The lowest BCUT2D eigenvalue weighted by molar-refractivity contribution is 0.0594. The van der Waals surface area contributed by atoms with Crippen molar-refractivity contribution in [1.29, 1.82) is 0 Å². The lowest BCUT2D eigenvalue weighted by Crippen LogP contribution is -2.48. The highest BCUT2D eigenvalue weighted by molar-refractivity contribution is 5.94. The number of carbonyl (C=O) groups is 1. The summed E-state index contributed by atoms with van der Waals surface area (Å²) in [7, 11) is 0. The van der Waals surface area contributed by atoms with E-state index < -0.39 is 0 Å². The van der Waals surface area contributed by atoms with Crippen molar-refractivity contribution in [3.63, 3.8) is 0 Å². The van der Waals surface area contributed by atoms with Crippen molar-refractivity contribution in [2.24, 2.45) is 23.7 Å². The zero-order valence-corrected chi connectivity index (χ0v) is 21.0. The Morgan fingerprint density at radius 1 is 1.11 bits per heavy atom. The Morgan fingerprint density at radius 2 is 1.94 bits per heavy atom. The van der Waals surface area contributed by atoms with Crippen LogP contribution in [0.1, 0.15) is 73.0 Å². The standard InChI is InChI=1S/C31H37N3O/c1-20-28-16-25-9-10-26(17-29(25)31(20,2)13-11-24(28)15-22-3-4-22)30(35)32-14-12-21-5-7-23(8-6-21)27-18-33-34-19-27/h5-10,17-20,22,24,28H,3-4,11-16H2,1-2H3,(H,32,35)(H,33,34)/t20-,24?,28+,31+/m0/s1. The summed E-state index contributed by atoms with van der Waals surface area (Å²) in [5, 5.41) is 10.0. The summed E-state index contributed by atoms with van der Waals surface area (Å²) in [6.07, 6.45) is 12.7. The van der Waals surface area contributed by atoms with Crippen molar-refractivity contribution in [3.05, 3.63) is 77.1 Å². The van der Waals surface area contributed by atoms with Crippen LogP contribution in [0.4, 0.5) is 0 Å². The van der Waals surface area contributed by atoms with E-state index in [1.165, 1.54) is 55.2 Å². The first-order valence-corrected chi connectivity index (χ1v) is 13.5. The second-order valence-electron chi connectivity index (χ2n) is 11.6. The van der Waals surface area contributed by atoms with Crippen LogP contribution >= 0.6 is 0 Å². The van der Waals surface area contributed by atoms with Gasteiger partial charge in [0.15, 0.2) is 0 Å². The lowest BCUT2D eigenvalue weighted by atomic mass is 9.51. The Bertz CT molecular complexity index is 1190. The number of nitrogens with zero attached hydrogens (tertiary/aromatic N) is 1. The van der Waals surface area contributed by atoms with Crippen molar-refractivity contribution in [2.75, 3.05) is 6.54 Å². The van der Waals surface area contributed by atoms with Crippen molar-refractivity contribution in [3.8, 4) is 11.1 Å². The van der Waals surface area contributed by atoms with Crippen LogP contribution in [0.15, 0.2) is 54.9 Å². The number of aromatic nitrogens is 2. The average molecular weight is 468 g/mol. The van der Waals surface area contributed by atoms with Gasteiger partial charge in [0.1, 0.15) is 0 Å². The van der Waals surface area contributed by atoms with E-state index in [1.54, 1.807) is 0 Å². The van der Waals surface area contributed by atoms with Crippen LogP contribution in [0.2, 0.25) is 0 Å². The summed E-state index contributed by atoms with van der Waals surface area (Å²) in [5.74, 6) is 3.45. The Labute approximate surface area is 208 Å². The molecule has 0 aliphatic heterocycles. The van der Waals surface area contributed by atoms with Gasteiger partial charge in [0.2, 0.25) is 0 Å². The molecule has 182 valence electrons. The molecule has 1 heterocycles. The van der Waals surface area contributed by atoms with E-state index in [0.717, 1.165) is 40.9 Å². The van der Waals surface area contributed by atoms with Gasteiger partial charge in [-0.15, -0.1) is 0 Å². The van der Waals surface area contributed by atoms with E-state index in [-0.39, 0.29) is 11.3 Å². The van der Waals surface area contributed by atoms with Gasteiger partial charge in [0.25, 0.3) is 5.91 Å². The normalized spacial score (nSPS) is 27.3. The van der Waals surface area contributed by atoms with Gasteiger partial charge < -0.3 is 5.32 Å². The van der Waals surface area contributed by atoms with Crippen LogP contribution in [0.5, 0.6) is 0 Å². The zero-order valence-electron chi connectivity index (χ0n) is 21.0. The zero-order chi connectivity index (χ0) is 24.0. The molecule has 1 aromatic heterocycles. The van der Waals surface area contributed by atoms with Crippen LogP contribution in [0.25, 0.3) is 11.1 Å². The molecular formula is C31H37N3O. The SMILES string of the molecule is C[C@H]1[C@H]2Cc3ccc(C(=O)NCCc4ccc(-c5cn[nH]c5)cc4)cc3[C@]1(C)CCC2CC1CC1. The number of aromatic amines is 1. The molecular weight excluding hydrogens is 430 g/mol. The largest absolute Gasteiger partial charge is 0.352 e. The molecule has 2 N–H and O–H groups in total. The molecule has 4 atom stereocenters. The minimum Gasteiger partial charge on any atom is -0.352 e. The number of benzene rings is 2. The topological polar surface area (TPSA) is 57.8 Å². The Hall–Kier alpha value is -2.88. The summed E-state index contributed by atoms with van der Waals surface area (Å²) in [6, 6.07) is 15.0. The Balaban J connectivity index is 1.10. The van der Waals surface area contributed by atoms with Crippen LogP contribution in [0.3, 0.4) is 0 Å². The van der Waals surface area contributed by atoms with Gasteiger partial charge in [0, 0.05) is 23.9 Å². The fraction of sp³-hybridized carbons (Fsp3) is 0.484. The summed E-state index contributed by atoms with van der Waals surface area (Å²) in [4.78, 5) is 13.0. The van der Waals surface area contributed by atoms with Crippen molar-refractivity contribution < 1.29 is 4.79 Å². The van der Waals surface area contributed by atoms with E-state index in [4.69, 9.17) is 0 Å². The third-order valence-electron chi connectivity index (χ3n) is 9.55. The van der Waals surface area contributed by atoms with Gasteiger partial charge in [-0.3, -0.25) is 9.89 Å². The molecule has 2 aromatic carbocycles. The van der Waals surface area contributed by atoms with E-state index >= 15 is 0 Å². The molecule has 2 saturated carbocycles. The lowest BCUT2D eigenvalue weighted by Gasteiger charge is -2.53. The van der Waals surface area contributed by atoms with Crippen molar-refractivity contribution in [1.82, 2.24) is 15.5 Å². The van der Waals surface area contributed by atoms with Crippen LogP contribution < -0.4 is 5.32 Å². The maximum Gasteiger partial charge on any atom is 0.251 e. The Kier molecular flexibility index (Phi) is 5.78. The summed E-state index contributed by atoms with van der Waals surface area (Å²) in [5.41, 5.74) is 7.39. The molecule has 0 spiro atoms. The number of hydrogen-bond donors (Lipinski definition) is 2. The van der Waals surface area contributed by atoms with Crippen LogP contribution in [0, 0.1) is 23.7 Å². The highest BCUT2D eigenvalue weighted by Gasteiger charge is 2.49. The number of nitrogens with one attached hydrogen (secondary N) is 2. The average Bonchev–Trinajstić information content (AvgIpc) is 3.52. The minimum absolute atomic E-state index is 0.0450. The number of carbonyl (C=O) groups excluding carboxylic acids is 1. The quantitative estimate of drug-likeness (QED) is 0.427. The van der Waals surface area contributed by atoms with Crippen LogP contribution in [-0.2, 0) is 18.3 Å². The van der Waals surface area contributed by atoms with E-state index in [0.29, 0.717) is 12.5 Å². The van der Waals surface area contributed by atoms with Gasteiger partial charge in [0.05, 0.1) is 6.20 Å². The molecule has 2 bridgehead atoms. The second kappa shape index (κ2) is 8.96. The first kappa shape index (κ1) is 22.6. The third-order valence-corrected chi connectivity index (χ3v) is 9.55. The monoisotopic (exact) mass is 467 g/mol. The molecule has 4 heteroatoms. The number of amides is 1. The predicted molar refractivity (Wildman–Crippen MR) is 140 cm³/mol. The van der Waals surface area contributed by atoms with E-state index in [1.807, 2.05) is 12.4 Å². The third kappa shape index (κ3) is 4.32. The first-order valence-electron chi connectivity index (χ1n) is 13.5. The van der Waals surface area contributed by atoms with Gasteiger partial charge in [-0.05, 0) is 95.6 Å². The molecule has 0 radical (unpaired) electrons. The summed E-state index contributed by atoms with van der Waals surface area (Å²) >= 11 is 0. The van der Waals surface area contributed by atoms with Crippen molar-refractivity contribution >= 4 is 5.91 Å². The van der Waals surface area contributed by atoms with Gasteiger partial charge in [-0.25, -0.2) is 0 Å². The highest BCUT2D eigenvalue weighted by atomic mass is 16.1. The molecule has 3 aliphatic carbocycles. The maximum atomic E-state index is 13.0. The number of hydrogen-bond acceptors (Lipinski definition) is 2. The van der Waals surface area contributed by atoms with E-state index in [9.17, 15) is 4.79 Å². The molecule has 6 rings (SSSR count). The molecule has 3 aliphatic rings. The molecule has 2 fully saturated rings. The maximum absolute atomic E-state index is 13.0. The second-order valence-corrected chi connectivity index (χ2v) is 11.6. The number of H-pyrrole nitrogens is 1. The first-order chi connectivity index (χ1) is 17.0. The summed E-state index contributed by atoms with van der Waals surface area (Å²) < 4.78 is 0. The fourth-order valence-corrected chi connectivity index (χ4v) is 6.98. The van der Waals surface area contributed by atoms with Crippen molar-refractivity contribution in [2.45, 2.75) is 64.2 Å². The molecule has 3 aromatic rings. The van der Waals surface area contributed by atoms with Crippen LogP contribution in [-0.4, -0.2) is 22.6 Å². The molecule has 35 heavy (non-hydrogen) atoms.